The summed E-state index contributed by atoms with van der Waals surface area (Å²) >= 11 is 1.22. The van der Waals surface area contributed by atoms with Crippen LogP contribution in [-0.2, 0) is 14.3 Å². The standard InChI is InChI=1S/C17H13FN2O4S/c1-9-12-8-14(17(22)24-13-6-7-23-16(13)21)25-15(12)20(19-9)11-4-2-10(18)3-5-11/h2-5,8,13H,6-7H2,1H3/t13-/m0/s1. The van der Waals surface area contributed by atoms with E-state index in [2.05, 4.69) is 5.10 Å². The molecule has 0 unspecified atom stereocenters. The van der Waals surface area contributed by atoms with Gasteiger partial charge in [0.2, 0.25) is 6.10 Å². The van der Waals surface area contributed by atoms with E-state index >= 15 is 0 Å². The van der Waals surface area contributed by atoms with Crippen molar-refractivity contribution in [3.05, 3.63) is 46.7 Å². The van der Waals surface area contributed by atoms with Gasteiger partial charge in [-0.15, -0.1) is 11.3 Å². The number of benzene rings is 1. The van der Waals surface area contributed by atoms with Crippen molar-refractivity contribution in [2.24, 2.45) is 0 Å². The van der Waals surface area contributed by atoms with Gasteiger partial charge in [0, 0.05) is 11.8 Å². The molecule has 3 heterocycles. The number of thiophene rings is 1. The van der Waals surface area contributed by atoms with Crippen LogP contribution in [0, 0.1) is 12.7 Å². The van der Waals surface area contributed by atoms with E-state index < -0.39 is 18.0 Å². The second-order valence-corrected chi connectivity index (χ2v) is 6.68. The van der Waals surface area contributed by atoms with Gasteiger partial charge in [0.15, 0.2) is 0 Å². The third kappa shape index (κ3) is 2.78. The van der Waals surface area contributed by atoms with E-state index in [-0.39, 0.29) is 12.4 Å². The normalized spacial score (nSPS) is 17.0. The van der Waals surface area contributed by atoms with Gasteiger partial charge in [-0.05, 0) is 37.3 Å². The van der Waals surface area contributed by atoms with Crippen molar-refractivity contribution in [2.45, 2.75) is 19.4 Å². The smallest absolute Gasteiger partial charge is 0.349 e. The minimum absolute atomic E-state index is 0.266. The van der Waals surface area contributed by atoms with Crippen molar-refractivity contribution in [2.75, 3.05) is 6.61 Å². The Bertz CT molecular complexity index is 977. The van der Waals surface area contributed by atoms with Crippen LogP contribution < -0.4 is 0 Å². The first-order chi connectivity index (χ1) is 12.0. The van der Waals surface area contributed by atoms with Gasteiger partial charge in [-0.1, -0.05) is 0 Å². The summed E-state index contributed by atoms with van der Waals surface area (Å²) in [4.78, 5) is 24.9. The monoisotopic (exact) mass is 360 g/mol. The number of fused-ring (bicyclic) bond motifs is 1. The van der Waals surface area contributed by atoms with Crippen LogP contribution in [-0.4, -0.2) is 34.4 Å². The van der Waals surface area contributed by atoms with Gasteiger partial charge in [-0.3, -0.25) is 0 Å². The molecule has 1 saturated heterocycles. The number of carbonyl (C=O) groups excluding carboxylic acids is 2. The zero-order valence-corrected chi connectivity index (χ0v) is 14.0. The molecule has 3 aromatic rings. The Labute approximate surface area is 145 Å². The Hall–Kier alpha value is -2.74. The molecule has 0 aliphatic carbocycles. The van der Waals surface area contributed by atoms with E-state index in [4.69, 9.17) is 9.47 Å². The molecule has 1 fully saturated rings. The lowest BCUT2D eigenvalue weighted by Crippen LogP contribution is -2.22. The molecule has 25 heavy (non-hydrogen) atoms. The number of nitrogens with zero attached hydrogens (tertiary/aromatic N) is 2. The molecule has 4 rings (SSSR count). The zero-order chi connectivity index (χ0) is 17.6. The molecular weight excluding hydrogens is 347 g/mol. The lowest BCUT2D eigenvalue weighted by Gasteiger charge is -2.06. The molecule has 0 amide bonds. The van der Waals surface area contributed by atoms with Crippen LogP contribution >= 0.6 is 11.3 Å². The minimum atomic E-state index is -0.840. The third-order valence-electron chi connectivity index (χ3n) is 3.95. The molecule has 1 aromatic carbocycles. The summed E-state index contributed by atoms with van der Waals surface area (Å²) in [7, 11) is 0. The molecule has 1 aliphatic heterocycles. The maximum Gasteiger partial charge on any atom is 0.349 e. The number of aromatic nitrogens is 2. The fraction of sp³-hybridized carbons (Fsp3) is 0.235. The van der Waals surface area contributed by atoms with E-state index in [1.807, 2.05) is 6.92 Å². The summed E-state index contributed by atoms with van der Waals surface area (Å²) in [5.41, 5.74) is 1.44. The van der Waals surface area contributed by atoms with Gasteiger partial charge in [-0.2, -0.15) is 5.10 Å². The molecule has 0 radical (unpaired) electrons. The van der Waals surface area contributed by atoms with Crippen LogP contribution in [0.15, 0.2) is 30.3 Å². The van der Waals surface area contributed by atoms with Gasteiger partial charge in [-0.25, -0.2) is 18.7 Å². The number of carbonyl (C=O) groups is 2. The van der Waals surface area contributed by atoms with Crippen molar-refractivity contribution in [1.82, 2.24) is 9.78 Å². The number of rotatable bonds is 3. The van der Waals surface area contributed by atoms with Gasteiger partial charge >= 0.3 is 11.9 Å². The van der Waals surface area contributed by atoms with Crippen LogP contribution in [0.4, 0.5) is 4.39 Å². The van der Waals surface area contributed by atoms with Crippen LogP contribution in [0.1, 0.15) is 21.8 Å². The molecule has 0 saturated carbocycles. The maximum absolute atomic E-state index is 13.1. The maximum atomic E-state index is 13.1. The number of cyclic esters (lactones) is 1. The Morgan fingerprint density at radius 2 is 2.16 bits per heavy atom. The van der Waals surface area contributed by atoms with Crippen LogP contribution in [0.25, 0.3) is 15.9 Å². The zero-order valence-electron chi connectivity index (χ0n) is 13.2. The van der Waals surface area contributed by atoms with Crippen molar-refractivity contribution in [3.8, 4) is 5.69 Å². The van der Waals surface area contributed by atoms with Crippen LogP contribution in [0.2, 0.25) is 0 Å². The predicted octanol–water partition coefficient (Wildman–Crippen LogP) is 3.01. The summed E-state index contributed by atoms with van der Waals surface area (Å²) in [5.74, 6) is -1.40. The molecule has 0 N–H and O–H groups in total. The lowest BCUT2D eigenvalue weighted by atomic mass is 10.3. The van der Waals surface area contributed by atoms with Crippen molar-refractivity contribution in [1.29, 1.82) is 0 Å². The first-order valence-electron chi connectivity index (χ1n) is 7.65. The molecular formula is C17H13FN2O4S. The number of esters is 2. The highest BCUT2D eigenvalue weighted by molar-refractivity contribution is 7.20. The van der Waals surface area contributed by atoms with Gasteiger partial charge < -0.3 is 9.47 Å². The fourth-order valence-electron chi connectivity index (χ4n) is 2.68. The van der Waals surface area contributed by atoms with E-state index in [1.54, 1.807) is 22.9 Å². The molecule has 128 valence electrons. The van der Waals surface area contributed by atoms with E-state index in [1.165, 1.54) is 23.5 Å². The molecule has 1 aliphatic rings. The molecule has 2 aromatic heterocycles. The van der Waals surface area contributed by atoms with E-state index in [0.717, 1.165) is 15.9 Å². The van der Waals surface area contributed by atoms with Gasteiger partial charge in [0.25, 0.3) is 0 Å². The van der Waals surface area contributed by atoms with Gasteiger partial charge in [0.05, 0.1) is 18.0 Å². The fourth-order valence-corrected chi connectivity index (χ4v) is 3.74. The highest BCUT2D eigenvalue weighted by Gasteiger charge is 2.31. The molecule has 0 spiro atoms. The molecule has 8 heteroatoms. The predicted molar refractivity (Wildman–Crippen MR) is 88.4 cm³/mol. The number of halogens is 1. The van der Waals surface area contributed by atoms with Crippen LogP contribution in [0.5, 0.6) is 0 Å². The minimum Gasteiger partial charge on any atom is -0.463 e. The highest BCUT2D eigenvalue weighted by atomic mass is 32.1. The summed E-state index contributed by atoms with van der Waals surface area (Å²) in [5, 5.41) is 5.26. The number of aryl methyl sites for hydroxylation is 1. The third-order valence-corrected chi connectivity index (χ3v) is 5.04. The topological polar surface area (TPSA) is 70.4 Å². The first kappa shape index (κ1) is 15.8. The van der Waals surface area contributed by atoms with Gasteiger partial charge in [0.1, 0.15) is 15.5 Å². The SMILES string of the molecule is Cc1nn(-c2ccc(F)cc2)c2sc(C(=O)O[C@H]3CCOC3=O)cc12. The molecule has 0 bridgehead atoms. The Morgan fingerprint density at radius 1 is 1.40 bits per heavy atom. The molecule has 6 nitrogen and oxygen atoms in total. The summed E-state index contributed by atoms with van der Waals surface area (Å²) < 4.78 is 24.8. The Morgan fingerprint density at radius 3 is 2.84 bits per heavy atom. The second kappa shape index (κ2) is 5.96. The highest BCUT2D eigenvalue weighted by Crippen LogP contribution is 2.31. The van der Waals surface area contributed by atoms with Crippen LogP contribution in [0.3, 0.4) is 0 Å². The van der Waals surface area contributed by atoms with E-state index in [0.29, 0.717) is 17.0 Å². The number of hydrogen-bond donors (Lipinski definition) is 0. The van der Waals surface area contributed by atoms with Crippen molar-refractivity contribution < 1.29 is 23.5 Å². The summed E-state index contributed by atoms with van der Waals surface area (Å²) in [6.07, 6.45) is -0.467. The molecule has 1 atom stereocenters. The van der Waals surface area contributed by atoms with Crippen molar-refractivity contribution in [3.63, 3.8) is 0 Å². The van der Waals surface area contributed by atoms with E-state index in [9.17, 15) is 14.0 Å². The average molecular weight is 360 g/mol. The number of ether oxygens (including phenoxy) is 2. The Kier molecular flexibility index (Phi) is 3.76. The first-order valence-corrected chi connectivity index (χ1v) is 8.47. The summed E-state index contributed by atoms with van der Waals surface area (Å²) in [6.45, 7) is 2.10. The van der Waals surface area contributed by atoms with Crippen molar-refractivity contribution >= 4 is 33.5 Å². The largest absolute Gasteiger partial charge is 0.463 e. The second-order valence-electron chi connectivity index (χ2n) is 5.65. The average Bonchev–Trinajstić information content (AvgIpc) is 3.27. The number of hydrogen-bond acceptors (Lipinski definition) is 6. The quantitative estimate of drug-likeness (QED) is 0.672. The lowest BCUT2D eigenvalue weighted by molar-refractivity contribution is -0.145. The Balaban J connectivity index is 1.68. The summed E-state index contributed by atoms with van der Waals surface area (Å²) in [6, 6.07) is 7.64.